The third kappa shape index (κ3) is 6.60. The number of carbonyl (C=O) groups is 2. The second kappa shape index (κ2) is 11.9. The molecule has 3 amide bonds. The van der Waals surface area contributed by atoms with Crippen LogP contribution in [0.25, 0.3) is 0 Å². The van der Waals surface area contributed by atoms with Crippen LogP contribution in [-0.4, -0.2) is 40.5 Å². The van der Waals surface area contributed by atoms with E-state index in [1.807, 2.05) is 6.92 Å². The first kappa shape index (κ1) is 29.4. The van der Waals surface area contributed by atoms with Gasteiger partial charge in [-0.2, -0.15) is 0 Å². The Morgan fingerprint density at radius 2 is 1.90 bits per heavy atom. The number of carbonyl (C=O) groups excluding carboxylic acids is 2. The van der Waals surface area contributed by atoms with Crippen molar-refractivity contribution in [2.45, 2.75) is 26.1 Å². The van der Waals surface area contributed by atoms with Crippen LogP contribution in [0.1, 0.15) is 40.0 Å². The van der Waals surface area contributed by atoms with E-state index in [2.05, 4.69) is 9.84 Å². The van der Waals surface area contributed by atoms with Crippen LogP contribution in [0.15, 0.2) is 54.6 Å². The summed E-state index contributed by atoms with van der Waals surface area (Å²) in [6, 6.07) is 11.8. The molecule has 0 saturated heterocycles. The molecule has 3 aromatic carbocycles. The van der Waals surface area contributed by atoms with Gasteiger partial charge in [-0.1, -0.05) is 29.8 Å². The minimum atomic E-state index is -4.80. The van der Waals surface area contributed by atoms with E-state index in [-0.39, 0.29) is 41.0 Å². The van der Waals surface area contributed by atoms with Crippen molar-refractivity contribution >= 4 is 37.0 Å². The van der Waals surface area contributed by atoms with Gasteiger partial charge in [0.25, 0.3) is 5.91 Å². The smallest absolute Gasteiger partial charge is 0.466 e. The molecule has 3 N–H and O–H groups in total. The molecule has 1 aliphatic heterocycles. The normalized spacial score (nSPS) is 15.2. The Kier molecular flexibility index (Phi) is 8.77. The Bertz CT molecular complexity index is 1480. The van der Waals surface area contributed by atoms with Crippen LogP contribution < -0.4 is 15.0 Å². The summed E-state index contributed by atoms with van der Waals surface area (Å²) in [5, 5.41) is 2.83. The van der Waals surface area contributed by atoms with Gasteiger partial charge in [0.15, 0.2) is 6.79 Å². The number of nitrogens with one attached hydrogen (secondary N) is 1. The van der Waals surface area contributed by atoms with Crippen LogP contribution in [0.5, 0.6) is 5.75 Å². The number of rotatable bonds is 9. The van der Waals surface area contributed by atoms with E-state index in [0.717, 1.165) is 17.7 Å². The lowest BCUT2D eigenvalue weighted by Crippen LogP contribution is -2.46. The van der Waals surface area contributed by atoms with Gasteiger partial charge < -0.3 is 24.7 Å². The SMILES string of the molecule is C[C@H]1c2ccc(C(=O)NCc3ccc(F)cc3OCOP(=O)(O)O)cc2N(Cc2c(F)cccc2Cl)C(=O)N1C. The summed E-state index contributed by atoms with van der Waals surface area (Å²) >= 11 is 6.21. The highest BCUT2D eigenvalue weighted by atomic mass is 35.5. The number of fused-ring (bicyclic) bond motifs is 1. The molecule has 212 valence electrons. The third-order valence-corrected chi connectivity index (χ3v) is 7.22. The van der Waals surface area contributed by atoms with E-state index in [1.165, 1.54) is 40.1 Å². The maximum atomic E-state index is 14.6. The first-order valence-electron chi connectivity index (χ1n) is 11.9. The molecular formula is C26H25ClF2N3O7P. The predicted molar refractivity (Wildman–Crippen MR) is 142 cm³/mol. The molecule has 0 spiro atoms. The van der Waals surface area contributed by atoms with E-state index in [4.69, 9.17) is 26.1 Å². The molecule has 14 heteroatoms. The van der Waals surface area contributed by atoms with Crippen molar-refractivity contribution < 1.29 is 42.0 Å². The number of hydrogen-bond donors (Lipinski definition) is 3. The number of phosphoric ester groups is 1. The molecule has 1 heterocycles. The van der Waals surface area contributed by atoms with Crippen molar-refractivity contribution in [2.75, 3.05) is 18.7 Å². The zero-order valence-corrected chi connectivity index (χ0v) is 23.0. The maximum absolute atomic E-state index is 14.6. The molecule has 0 aliphatic carbocycles. The number of hydrogen-bond acceptors (Lipinski definition) is 5. The zero-order chi connectivity index (χ0) is 29.2. The van der Waals surface area contributed by atoms with Gasteiger partial charge in [0.2, 0.25) is 0 Å². The number of phosphoric acid groups is 1. The van der Waals surface area contributed by atoms with Crippen LogP contribution in [-0.2, 0) is 22.2 Å². The van der Waals surface area contributed by atoms with Gasteiger partial charge in [0, 0.05) is 41.4 Å². The highest BCUT2D eigenvalue weighted by Gasteiger charge is 2.34. The van der Waals surface area contributed by atoms with Crippen molar-refractivity contribution in [3.63, 3.8) is 0 Å². The van der Waals surface area contributed by atoms with Gasteiger partial charge in [0.1, 0.15) is 17.4 Å². The summed E-state index contributed by atoms with van der Waals surface area (Å²) in [7, 11) is -3.18. The van der Waals surface area contributed by atoms with Crippen molar-refractivity contribution in [1.82, 2.24) is 10.2 Å². The summed E-state index contributed by atoms with van der Waals surface area (Å²) in [5.41, 5.74) is 1.80. The molecule has 10 nitrogen and oxygen atoms in total. The molecule has 0 saturated carbocycles. The number of anilines is 1. The lowest BCUT2D eigenvalue weighted by molar-refractivity contribution is 0.0818. The molecule has 0 aromatic heterocycles. The van der Waals surface area contributed by atoms with Crippen LogP contribution in [0, 0.1) is 11.6 Å². The average Bonchev–Trinajstić information content (AvgIpc) is 2.89. The Hall–Kier alpha value is -3.54. The molecule has 0 unspecified atom stereocenters. The predicted octanol–water partition coefficient (Wildman–Crippen LogP) is 5.13. The highest BCUT2D eigenvalue weighted by molar-refractivity contribution is 7.46. The number of amides is 3. The lowest BCUT2D eigenvalue weighted by atomic mass is 9.98. The Morgan fingerprint density at radius 1 is 1.15 bits per heavy atom. The van der Waals surface area contributed by atoms with Crippen LogP contribution in [0.4, 0.5) is 19.3 Å². The van der Waals surface area contributed by atoms with Crippen molar-refractivity contribution in [3.05, 3.63) is 93.5 Å². The fourth-order valence-electron chi connectivity index (χ4n) is 4.18. The van der Waals surface area contributed by atoms with E-state index in [1.54, 1.807) is 19.2 Å². The molecule has 0 fully saturated rings. The second-order valence-corrected chi connectivity index (χ2v) is 10.6. The summed E-state index contributed by atoms with van der Waals surface area (Å²) in [6.45, 7) is 0.693. The topological polar surface area (TPSA) is 129 Å². The van der Waals surface area contributed by atoms with Crippen molar-refractivity contribution in [1.29, 1.82) is 0 Å². The first-order chi connectivity index (χ1) is 18.9. The number of benzene rings is 3. The van der Waals surface area contributed by atoms with E-state index in [9.17, 15) is 22.9 Å². The van der Waals surface area contributed by atoms with Crippen molar-refractivity contribution in [3.8, 4) is 5.75 Å². The molecular weight excluding hydrogens is 571 g/mol. The Labute approximate surface area is 233 Å². The van der Waals surface area contributed by atoms with Gasteiger partial charge in [-0.15, -0.1) is 0 Å². The second-order valence-electron chi connectivity index (χ2n) is 8.95. The summed E-state index contributed by atoms with van der Waals surface area (Å²) in [5.74, 6) is -1.86. The lowest BCUT2D eigenvalue weighted by Gasteiger charge is -2.39. The third-order valence-electron chi connectivity index (χ3n) is 6.43. The monoisotopic (exact) mass is 595 g/mol. The molecule has 40 heavy (non-hydrogen) atoms. The van der Waals surface area contributed by atoms with E-state index < -0.39 is 38.2 Å². The molecule has 4 rings (SSSR count). The Morgan fingerprint density at radius 3 is 2.60 bits per heavy atom. The highest BCUT2D eigenvalue weighted by Crippen LogP contribution is 2.38. The van der Waals surface area contributed by atoms with E-state index in [0.29, 0.717) is 11.3 Å². The summed E-state index contributed by atoms with van der Waals surface area (Å²) < 4.78 is 48.5. The number of halogens is 3. The average molecular weight is 596 g/mol. The van der Waals surface area contributed by atoms with E-state index >= 15 is 0 Å². The van der Waals surface area contributed by atoms with Crippen LogP contribution >= 0.6 is 19.4 Å². The quantitative estimate of drug-likeness (QED) is 0.231. The molecule has 1 aliphatic rings. The minimum absolute atomic E-state index is 0.0883. The number of ether oxygens (including phenoxy) is 1. The van der Waals surface area contributed by atoms with Gasteiger partial charge in [-0.3, -0.25) is 9.69 Å². The van der Waals surface area contributed by atoms with Crippen LogP contribution in [0.3, 0.4) is 0 Å². The largest absolute Gasteiger partial charge is 0.472 e. The molecule has 3 aromatic rings. The fraction of sp³-hybridized carbons (Fsp3) is 0.231. The van der Waals surface area contributed by atoms with Gasteiger partial charge in [-0.05, 0) is 42.8 Å². The minimum Gasteiger partial charge on any atom is -0.466 e. The molecule has 1 atom stereocenters. The first-order valence-corrected chi connectivity index (χ1v) is 13.8. The standard InChI is InChI=1S/C26H25ClF2N3O7P/c1-15-19-9-7-16(10-23(19)32(26(34)31(15)2)13-20-21(27)4-3-5-22(20)29)25(33)30-12-17-6-8-18(28)11-24(17)38-14-39-40(35,36)37/h3-11,15H,12-14H2,1-2H3,(H,30,33)(H2,35,36,37)/t15-/m0/s1. The number of urea groups is 1. The zero-order valence-electron chi connectivity index (χ0n) is 21.3. The fourth-order valence-corrected chi connectivity index (χ4v) is 4.59. The van der Waals surface area contributed by atoms with Gasteiger partial charge in [0.05, 0.1) is 18.3 Å². The van der Waals surface area contributed by atoms with Crippen molar-refractivity contribution in [2.24, 2.45) is 0 Å². The Balaban J connectivity index is 1.57. The maximum Gasteiger partial charge on any atom is 0.472 e. The molecule has 0 bridgehead atoms. The summed E-state index contributed by atoms with van der Waals surface area (Å²) in [6.07, 6.45) is 0. The van der Waals surface area contributed by atoms with Crippen LogP contribution in [0.2, 0.25) is 5.02 Å². The van der Waals surface area contributed by atoms with Gasteiger partial charge >= 0.3 is 13.9 Å². The summed E-state index contributed by atoms with van der Waals surface area (Å²) in [4.78, 5) is 46.8. The van der Waals surface area contributed by atoms with Gasteiger partial charge in [-0.25, -0.2) is 22.7 Å². The molecule has 0 radical (unpaired) electrons. The number of nitrogens with zero attached hydrogens (tertiary/aromatic N) is 2.